The number of benzene rings is 2. The van der Waals surface area contributed by atoms with E-state index in [2.05, 4.69) is 15.5 Å². The molecule has 0 bridgehead atoms. The number of fused-ring (bicyclic) bond motifs is 1. The molecule has 1 aromatic heterocycles. The zero-order chi connectivity index (χ0) is 19.4. The molecular weight excluding hydrogens is 356 g/mol. The highest BCUT2D eigenvalue weighted by molar-refractivity contribution is 6.03. The summed E-state index contributed by atoms with van der Waals surface area (Å²) in [4.78, 5) is 45.8. The van der Waals surface area contributed by atoms with Gasteiger partial charge in [-0.1, -0.05) is 18.2 Å². The second kappa shape index (κ2) is 7.44. The van der Waals surface area contributed by atoms with E-state index in [-0.39, 0.29) is 16.8 Å². The zero-order valence-corrected chi connectivity index (χ0v) is 13.7. The normalized spacial score (nSPS) is 10.4. The number of non-ortho nitro benzene ring substituents is 1. The van der Waals surface area contributed by atoms with E-state index < -0.39 is 29.0 Å². The molecule has 0 aliphatic heterocycles. The Balaban J connectivity index is 1.65. The number of amides is 1. The van der Waals surface area contributed by atoms with E-state index >= 15 is 0 Å². The number of carbonyl (C=O) groups is 2. The number of aromatic amines is 1. The predicted molar refractivity (Wildman–Crippen MR) is 94.4 cm³/mol. The van der Waals surface area contributed by atoms with Gasteiger partial charge in [-0.15, -0.1) is 0 Å². The molecule has 0 radical (unpaired) electrons. The average Bonchev–Trinajstić information content (AvgIpc) is 2.67. The van der Waals surface area contributed by atoms with Gasteiger partial charge >= 0.3 is 5.97 Å². The molecule has 0 saturated carbocycles. The van der Waals surface area contributed by atoms with Gasteiger partial charge in [0.1, 0.15) is 0 Å². The third kappa shape index (κ3) is 3.95. The number of nitrogens with zero attached hydrogens (tertiary/aromatic N) is 2. The van der Waals surface area contributed by atoms with Crippen LogP contribution in [-0.2, 0) is 9.53 Å². The molecule has 10 nitrogen and oxygen atoms in total. The topological polar surface area (TPSA) is 144 Å². The first-order chi connectivity index (χ1) is 13.0. The number of ether oxygens (including phenoxy) is 1. The van der Waals surface area contributed by atoms with Crippen LogP contribution in [0, 0.1) is 10.1 Å². The minimum Gasteiger partial charge on any atom is -0.451 e. The smallest absolute Gasteiger partial charge is 0.359 e. The molecule has 10 heteroatoms. The van der Waals surface area contributed by atoms with Crippen LogP contribution in [-0.4, -0.2) is 33.6 Å². The lowest BCUT2D eigenvalue weighted by Crippen LogP contribution is -2.22. The standard InChI is InChI=1S/C17H12N4O6/c22-14(18-10-5-7-11(8-6-10)21(25)26)9-27-17(24)15-12-3-1-2-4-13(12)16(23)20-19-15/h1-8H,9H2,(H,18,22)(H,20,23). The monoisotopic (exact) mass is 368 g/mol. The van der Waals surface area contributed by atoms with Gasteiger partial charge in [0, 0.05) is 23.2 Å². The Hall–Kier alpha value is -4.08. The van der Waals surface area contributed by atoms with Gasteiger partial charge in [-0.2, -0.15) is 5.10 Å². The maximum Gasteiger partial charge on any atom is 0.359 e. The van der Waals surface area contributed by atoms with E-state index in [0.717, 1.165) is 0 Å². The molecule has 2 N–H and O–H groups in total. The Morgan fingerprint density at radius 2 is 1.78 bits per heavy atom. The summed E-state index contributed by atoms with van der Waals surface area (Å²) in [6.07, 6.45) is 0. The number of carbonyl (C=O) groups excluding carboxylic acids is 2. The summed E-state index contributed by atoms with van der Waals surface area (Å²) in [5.74, 6) is -1.51. The van der Waals surface area contributed by atoms with E-state index in [4.69, 9.17) is 4.74 Å². The minimum absolute atomic E-state index is 0.115. The number of nitrogens with one attached hydrogen (secondary N) is 2. The maximum absolute atomic E-state index is 12.2. The minimum atomic E-state index is -0.874. The van der Waals surface area contributed by atoms with Gasteiger partial charge in [-0.05, 0) is 18.2 Å². The summed E-state index contributed by atoms with van der Waals surface area (Å²) in [6, 6.07) is 11.5. The third-order valence-electron chi connectivity index (χ3n) is 3.59. The fraction of sp³-hybridized carbons (Fsp3) is 0.0588. The van der Waals surface area contributed by atoms with Gasteiger partial charge < -0.3 is 10.1 Å². The van der Waals surface area contributed by atoms with E-state index in [9.17, 15) is 24.5 Å². The number of H-pyrrole nitrogens is 1. The van der Waals surface area contributed by atoms with E-state index in [0.29, 0.717) is 11.1 Å². The Morgan fingerprint density at radius 1 is 1.11 bits per heavy atom. The third-order valence-corrected chi connectivity index (χ3v) is 3.59. The molecule has 136 valence electrons. The average molecular weight is 368 g/mol. The fourth-order valence-electron chi connectivity index (χ4n) is 2.33. The summed E-state index contributed by atoms with van der Waals surface area (Å²) in [6.45, 7) is -0.592. The van der Waals surface area contributed by atoms with Crippen molar-refractivity contribution < 1.29 is 19.2 Å². The van der Waals surface area contributed by atoms with Crippen molar-refractivity contribution in [1.29, 1.82) is 0 Å². The number of hydrogen-bond donors (Lipinski definition) is 2. The van der Waals surface area contributed by atoms with Crippen LogP contribution in [0.1, 0.15) is 10.5 Å². The molecule has 0 aliphatic rings. The van der Waals surface area contributed by atoms with Gasteiger partial charge in [0.25, 0.3) is 17.2 Å². The number of esters is 1. The van der Waals surface area contributed by atoms with Crippen molar-refractivity contribution in [1.82, 2.24) is 10.2 Å². The number of anilines is 1. The van der Waals surface area contributed by atoms with E-state index in [1.165, 1.54) is 30.3 Å². The fourth-order valence-corrected chi connectivity index (χ4v) is 2.33. The molecular formula is C17H12N4O6. The van der Waals surface area contributed by atoms with Crippen LogP contribution in [0.3, 0.4) is 0 Å². The molecule has 27 heavy (non-hydrogen) atoms. The number of nitro benzene ring substituents is 1. The number of nitro groups is 1. The predicted octanol–water partition coefficient (Wildman–Crippen LogP) is 1.63. The highest BCUT2D eigenvalue weighted by Crippen LogP contribution is 2.16. The highest BCUT2D eigenvalue weighted by Gasteiger charge is 2.17. The van der Waals surface area contributed by atoms with Crippen LogP contribution in [0.25, 0.3) is 10.8 Å². The molecule has 1 amide bonds. The summed E-state index contributed by atoms with van der Waals surface area (Å²) in [5.41, 5.74) is -0.365. The molecule has 0 aliphatic carbocycles. The lowest BCUT2D eigenvalue weighted by molar-refractivity contribution is -0.384. The number of aromatic nitrogens is 2. The lowest BCUT2D eigenvalue weighted by Gasteiger charge is -2.07. The Kier molecular flexibility index (Phi) is 4.88. The van der Waals surface area contributed by atoms with Crippen LogP contribution in [0.15, 0.2) is 53.3 Å². The summed E-state index contributed by atoms with van der Waals surface area (Å²) >= 11 is 0. The highest BCUT2D eigenvalue weighted by atomic mass is 16.6. The van der Waals surface area contributed by atoms with Crippen molar-refractivity contribution in [3.8, 4) is 0 Å². The Morgan fingerprint density at radius 3 is 2.44 bits per heavy atom. The molecule has 0 atom stereocenters. The van der Waals surface area contributed by atoms with Gasteiger partial charge in [-0.3, -0.25) is 19.7 Å². The van der Waals surface area contributed by atoms with Crippen molar-refractivity contribution in [2.24, 2.45) is 0 Å². The maximum atomic E-state index is 12.2. The van der Waals surface area contributed by atoms with Crippen LogP contribution < -0.4 is 10.9 Å². The zero-order valence-electron chi connectivity index (χ0n) is 13.7. The van der Waals surface area contributed by atoms with Crippen molar-refractivity contribution in [2.75, 3.05) is 11.9 Å². The van der Waals surface area contributed by atoms with Crippen molar-refractivity contribution >= 4 is 34.0 Å². The lowest BCUT2D eigenvalue weighted by atomic mass is 10.1. The molecule has 0 spiro atoms. The SMILES string of the molecule is O=C(COC(=O)c1n[nH]c(=O)c2ccccc12)Nc1ccc([N+](=O)[O-])cc1. The van der Waals surface area contributed by atoms with Crippen molar-refractivity contribution in [3.63, 3.8) is 0 Å². The largest absolute Gasteiger partial charge is 0.451 e. The first-order valence-corrected chi connectivity index (χ1v) is 7.64. The molecule has 0 fully saturated rings. The second-order valence-corrected chi connectivity index (χ2v) is 5.38. The Labute approximate surface area is 150 Å². The van der Waals surface area contributed by atoms with Crippen molar-refractivity contribution in [2.45, 2.75) is 0 Å². The van der Waals surface area contributed by atoms with Crippen LogP contribution >= 0.6 is 0 Å². The first kappa shape index (κ1) is 17.7. The molecule has 0 saturated heterocycles. The first-order valence-electron chi connectivity index (χ1n) is 7.64. The van der Waals surface area contributed by atoms with E-state index in [1.54, 1.807) is 18.2 Å². The number of rotatable bonds is 5. The molecule has 3 rings (SSSR count). The molecule has 2 aromatic carbocycles. The number of hydrogen-bond acceptors (Lipinski definition) is 7. The van der Waals surface area contributed by atoms with Gasteiger partial charge in [0.15, 0.2) is 12.3 Å². The van der Waals surface area contributed by atoms with Crippen LogP contribution in [0.2, 0.25) is 0 Å². The van der Waals surface area contributed by atoms with Gasteiger partial charge in [0.2, 0.25) is 0 Å². The quantitative estimate of drug-likeness (QED) is 0.395. The van der Waals surface area contributed by atoms with Gasteiger partial charge in [0.05, 0.1) is 10.3 Å². The molecule has 1 heterocycles. The van der Waals surface area contributed by atoms with Gasteiger partial charge in [-0.25, -0.2) is 9.89 Å². The Bertz CT molecular complexity index is 1090. The summed E-state index contributed by atoms with van der Waals surface area (Å²) < 4.78 is 4.93. The summed E-state index contributed by atoms with van der Waals surface area (Å²) in [7, 11) is 0. The molecule has 3 aromatic rings. The van der Waals surface area contributed by atoms with Crippen molar-refractivity contribution in [3.05, 3.63) is 74.7 Å². The second-order valence-electron chi connectivity index (χ2n) is 5.38. The summed E-state index contributed by atoms with van der Waals surface area (Å²) in [5, 5.41) is 19.5. The van der Waals surface area contributed by atoms with E-state index in [1.807, 2.05) is 0 Å². The van der Waals surface area contributed by atoms with Crippen LogP contribution in [0.4, 0.5) is 11.4 Å². The molecule has 0 unspecified atom stereocenters. The van der Waals surface area contributed by atoms with Crippen LogP contribution in [0.5, 0.6) is 0 Å².